The van der Waals surface area contributed by atoms with Crippen LogP contribution in [0.1, 0.15) is 20.3 Å². The summed E-state index contributed by atoms with van der Waals surface area (Å²) in [5.74, 6) is 0.173. The summed E-state index contributed by atoms with van der Waals surface area (Å²) in [4.78, 5) is 13.6. The number of hydrogen-bond donors (Lipinski definition) is 2. The third kappa shape index (κ3) is 2.69. The number of amides is 1. The van der Waals surface area contributed by atoms with Crippen molar-refractivity contribution in [3.05, 3.63) is 0 Å². The average Bonchev–Trinajstić information content (AvgIpc) is 2.19. The highest BCUT2D eigenvalue weighted by atomic mass is 16.1. The highest BCUT2D eigenvalue weighted by molar-refractivity contribution is 5.80. The summed E-state index contributed by atoms with van der Waals surface area (Å²) in [6.45, 7) is 7.97. The van der Waals surface area contributed by atoms with Gasteiger partial charge in [0.15, 0.2) is 0 Å². The van der Waals surface area contributed by atoms with E-state index in [4.69, 9.17) is 5.73 Å². The number of carbonyl (C=O) groups is 1. The molecule has 4 heteroatoms. The molecule has 1 saturated heterocycles. The van der Waals surface area contributed by atoms with Crippen LogP contribution in [-0.2, 0) is 4.79 Å². The predicted molar refractivity (Wildman–Crippen MR) is 56.9 cm³/mol. The SMILES string of the molecule is CCC(C)C(C(N)=O)N1CCNCC1. The van der Waals surface area contributed by atoms with E-state index < -0.39 is 0 Å². The zero-order chi connectivity index (χ0) is 10.6. The van der Waals surface area contributed by atoms with Crippen LogP contribution in [0.15, 0.2) is 0 Å². The first kappa shape index (κ1) is 11.5. The van der Waals surface area contributed by atoms with Crippen LogP contribution in [-0.4, -0.2) is 43.0 Å². The van der Waals surface area contributed by atoms with Gasteiger partial charge in [-0.15, -0.1) is 0 Å². The van der Waals surface area contributed by atoms with Crippen LogP contribution in [0.4, 0.5) is 0 Å². The third-order valence-electron chi connectivity index (χ3n) is 3.02. The van der Waals surface area contributed by atoms with Gasteiger partial charge in [-0.05, 0) is 5.92 Å². The van der Waals surface area contributed by atoms with Crippen molar-refractivity contribution in [2.45, 2.75) is 26.3 Å². The quantitative estimate of drug-likeness (QED) is 0.659. The van der Waals surface area contributed by atoms with Crippen molar-refractivity contribution < 1.29 is 4.79 Å². The Morgan fingerprint density at radius 2 is 2.07 bits per heavy atom. The van der Waals surface area contributed by atoms with Crippen molar-refractivity contribution >= 4 is 5.91 Å². The number of hydrogen-bond acceptors (Lipinski definition) is 3. The fourth-order valence-corrected chi connectivity index (χ4v) is 2.00. The molecule has 1 amide bonds. The largest absolute Gasteiger partial charge is 0.368 e. The third-order valence-corrected chi connectivity index (χ3v) is 3.02. The molecule has 0 aliphatic carbocycles. The van der Waals surface area contributed by atoms with Gasteiger partial charge in [-0.3, -0.25) is 9.69 Å². The lowest BCUT2D eigenvalue weighted by molar-refractivity contribution is -0.125. The van der Waals surface area contributed by atoms with E-state index >= 15 is 0 Å². The van der Waals surface area contributed by atoms with E-state index in [0.717, 1.165) is 32.6 Å². The van der Waals surface area contributed by atoms with Crippen LogP contribution < -0.4 is 11.1 Å². The smallest absolute Gasteiger partial charge is 0.235 e. The lowest BCUT2D eigenvalue weighted by atomic mass is 9.96. The van der Waals surface area contributed by atoms with Gasteiger partial charge in [-0.25, -0.2) is 0 Å². The first-order chi connectivity index (χ1) is 6.66. The summed E-state index contributed by atoms with van der Waals surface area (Å²) < 4.78 is 0. The molecule has 0 aromatic heterocycles. The molecule has 1 rings (SSSR count). The Kier molecular flexibility index (Phi) is 4.35. The van der Waals surface area contributed by atoms with Gasteiger partial charge in [0, 0.05) is 26.2 Å². The zero-order valence-corrected chi connectivity index (χ0v) is 9.12. The van der Waals surface area contributed by atoms with Crippen LogP contribution >= 0.6 is 0 Å². The molecule has 0 spiro atoms. The van der Waals surface area contributed by atoms with Gasteiger partial charge in [0.25, 0.3) is 0 Å². The number of rotatable bonds is 4. The van der Waals surface area contributed by atoms with E-state index in [1.54, 1.807) is 0 Å². The van der Waals surface area contributed by atoms with E-state index in [2.05, 4.69) is 24.1 Å². The van der Waals surface area contributed by atoms with Gasteiger partial charge in [0.2, 0.25) is 5.91 Å². The van der Waals surface area contributed by atoms with Crippen LogP contribution in [0, 0.1) is 5.92 Å². The number of nitrogens with one attached hydrogen (secondary N) is 1. The van der Waals surface area contributed by atoms with E-state index in [-0.39, 0.29) is 11.9 Å². The fourth-order valence-electron chi connectivity index (χ4n) is 2.00. The summed E-state index contributed by atoms with van der Waals surface area (Å²) in [5.41, 5.74) is 5.44. The van der Waals surface area contributed by atoms with Gasteiger partial charge in [0.1, 0.15) is 0 Å². The Hall–Kier alpha value is -0.610. The normalized spacial score (nSPS) is 23.0. The molecule has 82 valence electrons. The Labute approximate surface area is 85.8 Å². The van der Waals surface area contributed by atoms with Crippen LogP contribution in [0.3, 0.4) is 0 Å². The van der Waals surface area contributed by atoms with E-state index in [1.165, 1.54) is 0 Å². The summed E-state index contributed by atoms with van der Waals surface area (Å²) in [7, 11) is 0. The minimum absolute atomic E-state index is 0.0814. The van der Waals surface area contributed by atoms with Crippen LogP contribution in [0.2, 0.25) is 0 Å². The van der Waals surface area contributed by atoms with Gasteiger partial charge >= 0.3 is 0 Å². The highest BCUT2D eigenvalue weighted by Gasteiger charge is 2.28. The molecule has 0 aromatic rings. The molecule has 0 aromatic carbocycles. The molecule has 2 atom stereocenters. The first-order valence-corrected chi connectivity index (χ1v) is 5.41. The van der Waals surface area contributed by atoms with Crippen molar-refractivity contribution in [1.29, 1.82) is 0 Å². The second-order valence-electron chi connectivity index (χ2n) is 4.02. The van der Waals surface area contributed by atoms with E-state index in [9.17, 15) is 4.79 Å². The molecule has 0 saturated carbocycles. The second kappa shape index (κ2) is 5.32. The molecule has 2 unspecified atom stereocenters. The number of nitrogens with two attached hydrogens (primary N) is 1. The number of piperazine rings is 1. The molecule has 0 bridgehead atoms. The summed E-state index contributed by atoms with van der Waals surface area (Å²) in [6.07, 6.45) is 0.998. The molecule has 1 aliphatic heterocycles. The van der Waals surface area contributed by atoms with Gasteiger partial charge in [-0.1, -0.05) is 20.3 Å². The number of nitrogens with zero attached hydrogens (tertiary/aromatic N) is 1. The van der Waals surface area contributed by atoms with Crippen molar-refractivity contribution in [1.82, 2.24) is 10.2 Å². The maximum Gasteiger partial charge on any atom is 0.235 e. The molecular weight excluding hydrogens is 178 g/mol. The van der Waals surface area contributed by atoms with Crippen molar-refractivity contribution in [3.8, 4) is 0 Å². The molecule has 1 fully saturated rings. The minimum atomic E-state index is -0.179. The van der Waals surface area contributed by atoms with E-state index in [0.29, 0.717) is 5.92 Å². The summed E-state index contributed by atoms with van der Waals surface area (Å²) >= 11 is 0. The number of primary amides is 1. The maximum absolute atomic E-state index is 11.4. The topological polar surface area (TPSA) is 58.4 Å². The monoisotopic (exact) mass is 199 g/mol. The second-order valence-corrected chi connectivity index (χ2v) is 4.02. The molecule has 1 heterocycles. The van der Waals surface area contributed by atoms with Crippen LogP contribution in [0.5, 0.6) is 0 Å². The lowest BCUT2D eigenvalue weighted by Crippen LogP contribution is -2.55. The Bertz CT molecular complexity index is 190. The standard InChI is InChI=1S/C10H21N3O/c1-3-8(2)9(10(11)14)13-6-4-12-5-7-13/h8-9,12H,3-7H2,1-2H3,(H2,11,14). The first-order valence-electron chi connectivity index (χ1n) is 5.41. The Balaban J connectivity index is 2.60. The van der Waals surface area contributed by atoms with E-state index in [1.807, 2.05) is 0 Å². The lowest BCUT2D eigenvalue weighted by Gasteiger charge is -2.35. The molecule has 1 aliphatic rings. The van der Waals surface area contributed by atoms with Crippen LogP contribution in [0.25, 0.3) is 0 Å². The van der Waals surface area contributed by atoms with Gasteiger partial charge in [-0.2, -0.15) is 0 Å². The predicted octanol–water partition coefficient (Wildman–Crippen LogP) is -0.208. The number of carbonyl (C=O) groups excluding carboxylic acids is 1. The highest BCUT2D eigenvalue weighted by Crippen LogP contribution is 2.14. The van der Waals surface area contributed by atoms with Crippen molar-refractivity contribution in [3.63, 3.8) is 0 Å². The fraction of sp³-hybridized carbons (Fsp3) is 0.900. The molecule has 4 nitrogen and oxygen atoms in total. The zero-order valence-electron chi connectivity index (χ0n) is 9.12. The molecule has 3 N–H and O–H groups in total. The Morgan fingerprint density at radius 3 is 2.50 bits per heavy atom. The molecular formula is C10H21N3O. The molecule has 14 heavy (non-hydrogen) atoms. The van der Waals surface area contributed by atoms with Crippen molar-refractivity contribution in [2.24, 2.45) is 11.7 Å². The van der Waals surface area contributed by atoms with Gasteiger partial charge < -0.3 is 11.1 Å². The van der Waals surface area contributed by atoms with Crippen molar-refractivity contribution in [2.75, 3.05) is 26.2 Å². The summed E-state index contributed by atoms with van der Waals surface area (Å²) in [6, 6.07) is -0.0814. The molecule has 0 radical (unpaired) electrons. The maximum atomic E-state index is 11.4. The summed E-state index contributed by atoms with van der Waals surface area (Å²) in [5, 5.41) is 3.27. The minimum Gasteiger partial charge on any atom is -0.368 e. The average molecular weight is 199 g/mol. The Morgan fingerprint density at radius 1 is 1.50 bits per heavy atom. The van der Waals surface area contributed by atoms with Gasteiger partial charge in [0.05, 0.1) is 6.04 Å².